The van der Waals surface area contributed by atoms with Crippen molar-refractivity contribution < 1.29 is 14.3 Å². The minimum atomic E-state index is -0.0641. The Morgan fingerprint density at radius 3 is 2.82 bits per heavy atom. The van der Waals surface area contributed by atoms with E-state index in [0.717, 1.165) is 56.7 Å². The van der Waals surface area contributed by atoms with Crippen molar-refractivity contribution >= 4 is 54.8 Å². The van der Waals surface area contributed by atoms with Crippen LogP contribution in [0.25, 0.3) is 20.3 Å². The van der Waals surface area contributed by atoms with Crippen molar-refractivity contribution in [3.63, 3.8) is 0 Å². The number of pyridine rings is 1. The highest BCUT2D eigenvalue weighted by atomic mass is 32.1. The summed E-state index contributed by atoms with van der Waals surface area (Å²) in [5.41, 5.74) is 1.51. The first kappa shape index (κ1) is 21.9. The second kappa shape index (κ2) is 8.76. The van der Waals surface area contributed by atoms with Crippen LogP contribution in [0, 0.1) is 5.92 Å². The zero-order valence-electron chi connectivity index (χ0n) is 18.8. The van der Waals surface area contributed by atoms with E-state index in [9.17, 15) is 9.59 Å². The molecule has 3 aromatic heterocycles. The third-order valence-corrected chi connectivity index (χ3v) is 8.46. The Morgan fingerprint density at radius 1 is 1.24 bits per heavy atom. The molecule has 6 nitrogen and oxygen atoms in total. The zero-order chi connectivity index (χ0) is 23.1. The predicted molar refractivity (Wildman–Crippen MR) is 134 cm³/mol. The molecule has 1 atom stereocenters. The average Bonchev–Trinajstić information content (AvgIpc) is 3.54. The van der Waals surface area contributed by atoms with Crippen LogP contribution < -0.4 is 10.1 Å². The van der Waals surface area contributed by atoms with E-state index in [2.05, 4.69) is 24.1 Å². The van der Waals surface area contributed by atoms with Crippen LogP contribution in [0.15, 0.2) is 36.5 Å². The number of nitrogens with one attached hydrogen (secondary N) is 1. The lowest BCUT2D eigenvalue weighted by Crippen LogP contribution is -2.27. The number of benzene rings is 1. The maximum atomic E-state index is 13.0. The number of ether oxygens (including phenoxy) is 1. The molecule has 1 aliphatic heterocycles. The van der Waals surface area contributed by atoms with Gasteiger partial charge in [-0.2, -0.15) is 0 Å². The highest BCUT2D eigenvalue weighted by Gasteiger charge is 2.26. The highest BCUT2D eigenvalue weighted by molar-refractivity contribution is 7.21. The number of aromatic nitrogens is 1. The molecule has 4 aromatic rings. The van der Waals surface area contributed by atoms with Gasteiger partial charge in [-0.15, -0.1) is 22.7 Å². The van der Waals surface area contributed by atoms with Crippen LogP contribution in [0.3, 0.4) is 0 Å². The van der Waals surface area contributed by atoms with Crippen LogP contribution in [0.2, 0.25) is 0 Å². The van der Waals surface area contributed by atoms with Crippen LogP contribution in [-0.2, 0) is 6.42 Å². The average molecular weight is 480 g/mol. The number of thiophene rings is 2. The van der Waals surface area contributed by atoms with Crippen LogP contribution in [0.1, 0.15) is 45.2 Å². The lowest BCUT2D eigenvalue weighted by Gasteiger charge is -2.14. The van der Waals surface area contributed by atoms with Crippen molar-refractivity contribution in [2.24, 2.45) is 5.92 Å². The summed E-state index contributed by atoms with van der Waals surface area (Å²) in [6.45, 7) is 5.85. The van der Waals surface area contributed by atoms with Gasteiger partial charge in [0.1, 0.15) is 11.5 Å². The monoisotopic (exact) mass is 479 g/mol. The maximum Gasteiger partial charge on any atom is 0.264 e. The first-order chi connectivity index (χ1) is 16.0. The van der Waals surface area contributed by atoms with Crippen molar-refractivity contribution in [2.45, 2.75) is 26.7 Å². The molecule has 33 heavy (non-hydrogen) atoms. The third kappa shape index (κ3) is 3.98. The topological polar surface area (TPSA) is 71.5 Å². The summed E-state index contributed by atoms with van der Waals surface area (Å²) in [7, 11) is 1.65. The molecule has 170 valence electrons. The van der Waals surface area contributed by atoms with E-state index in [4.69, 9.17) is 4.74 Å². The van der Waals surface area contributed by atoms with Gasteiger partial charge in [0.2, 0.25) is 0 Å². The Kier molecular flexibility index (Phi) is 5.80. The summed E-state index contributed by atoms with van der Waals surface area (Å²) in [5, 5.41) is 3.68. The van der Waals surface area contributed by atoms with E-state index in [-0.39, 0.29) is 11.8 Å². The summed E-state index contributed by atoms with van der Waals surface area (Å²) in [6, 6.07) is 9.50. The smallest absolute Gasteiger partial charge is 0.264 e. The normalized spacial score (nSPS) is 16.0. The van der Waals surface area contributed by atoms with Gasteiger partial charge in [0.05, 0.1) is 20.7 Å². The maximum absolute atomic E-state index is 13.0. The Morgan fingerprint density at radius 2 is 2.09 bits per heavy atom. The highest BCUT2D eigenvalue weighted by Crippen LogP contribution is 2.39. The van der Waals surface area contributed by atoms with Gasteiger partial charge in [0.15, 0.2) is 0 Å². The molecule has 0 saturated carbocycles. The molecule has 0 aliphatic carbocycles. The molecular weight excluding hydrogens is 454 g/mol. The summed E-state index contributed by atoms with van der Waals surface area (Å²) in [4.78, 5) is 33.5. The van der Waals surface area contributed by atoms with E-state index in [0.29, 0.717) is 22.3 Å². The molecule has 1 aromatic carbocycles. The van der Waals surface area contributed by atoms with Crippen molar-refractivity contribution in [2.75, 3.05) is 20.1 Å². The zero-order valence-corrected chi connectivity index (χ0v) is 20.4. The lowest BCUT2D eigenvalue weighted by atomic mass is 10.1. The fraction of sp³-hybridized carbons (Fsp3) is 0.320. The van der Waals surface area contributed by atoms with Crippen LogP contribution in [-0.4, -0.2) is 41.8 Å². The molecule has 0 bridgehead atoms. The van der Waals surface area contributed by atoms with Crippen molar-refractivity contribution in [3.05, 3.63) is 51.8 Å². The van der Waals surface area contributed by atoms with E-state index >= 15 is 0 Å². The fourth-order valence-corrected chi connectivity index (χ4v) is 6.52. The molecule has 0 unspecified atom stereocenters. The molecule has 8 heteroatoms. The van der Waals surface area contributed by atoms with Gasteiger partial charge < -0.3 is 15.0 Å². The molecule has 5 rings (SSSR count). The molecule has 1 saturated heterocycles. The lowest BCUT2D eigenvalue weighted by molar-refractivity contribution is 0.0792. The first-order valence-electron chi connectivity index (χ1n) is 11.1. The molecule has 1 N–H and O–H groups in total. The van der Waals surface area contributed by atoms with Crippen molar-refractivity contribution in [1.29, 1.82) is 0 Å². The standard InChI is InChI=1S/C25H25N3O3S2/c1-4-19-22(24(29)26-3)16-6-5-15(11-20(16)32-19)31-18-7-9-27-17-12-21(33-23(17)18)25(30)28-10-8-14(2)13-28/h5-7,9,11-12,14H,4,8,10,13H2,1-3H3,(H,26,29)/t14-/m1/s1. The van der Waals surface area contributed by atoms with Gasteiger partial charge >= 0.3 is 0 Å². The number of nitrogens with zero attached hydrogens (tertiary/aromatic N) is 2. The Balaban J connectivity index is 1.47. The summed E-state index contributed by atoms with van der Waals surface area (Å²) < 4.78 is 8.13. The van der Waals surface area contributed by atoms with Crippen LogP contribution >= 0.6 is 22.7 Å². The first-order valence-corrected chi connectivity index (χ1v) is 12.7. The molecule has 1 fully saturated rings. The number of aryl methyl sites for hydroxylation is 1. The number of hydrogen-bond donors (Lipinski definition) is 1. The minimum absolute atomic E-state index is 0.0641. The van der Waals surface area contributed by atoms with Crippen LogP contribution in [0.5, 0.6) is 11.5 Å². The summed E-state index contributed by atoms with van der Waals surface area (Å²) in [5.74, 6) is 1.92. The molecule has 2 amide bonds. The molecule has 4 heterocycles. The largest absolute Gasteiger partial charge is 0.456 e. The number of rotatable bonds is 5. The SMILES string of the molecule is CCc1sc2cc(Oc3ccnc4cc(C(=O)N5CC[C@@H](C)C5)sc34)ccc2c1C(=O)NC. The summed E-state index contributed by atoms with van der Waals surface area (Å²) >= 11 is 3.05. The Labute approximate surface area is 200 Å². The summed E-state index contributed by atoms with van der Waals surface area (Å²) in [6.07, 6.45) is 3.56. The van der Waals surface area contributed by atoms with Gasteiger partial charge in [-0.1, -0.05) is 13.8 Å². The van der Waals surface area contributed by atoms with Crippen molar-refractivity contribution in [1.82, 2.24) is 15.2 Å². The molecule has 0 spiro atoms. The predicted octanol–water partition coefficient (Wildman–Crippen LogP) is 5.71. The van der Waals surface area contributed by atoms with E-state index < -0.39 is 0 Å². The number of amides is 2. The number of likely N-dealkylation sites (tertiary alicyclic amines) is 1. The molecular formula is C25H25N3O3S2. The van der Waals surface area contributed by atoms with Gasteiger partial charge in [0, 0.05) is 47.4 Å². The molecule has 1 aliphatic rings. The minimum Gasteiger partial charge on any atom is -0.456 e. The molecule has 0 radical (unpaired) electrons. The third-order valence-electron chi connectivity index (χ3n) is 6.04. The Hall–Kier alpha value is -2.97. The second-order valence-electron chi connectivity index (χ2n) is 8.37. The van der Waals surface area contributed by atoms with Crippen molar-refractivity contribution in [3.8, 4) is 11.5 Å². The van der Waals surface area contributed by atoms with E-state index in [1.807, 2.05) is 35.2 Å². The fourth-order valence-electron chi connectivity index (χ4n) is 4.32. The van der Waals surface area contributed by atoms with E-state index in [1.165, 1.54) is 11.3 Å². The van der Waals surface area contributed by atoms with Gasteiger partial charge in [-0.05, 0) is 43.0 Å². The number of carbonyl (C=O) groups excluding carboxylic acids is 2. The van der Waals surface area contributed by atoms with Gasteiger partial charge in [-0.3, -0.25) is 14.6 Å². The van der Waals surface area contributed by atoms with Gasteiger partial charge in [0.25, 0.3) is 11.8 Å². The second-order valence-corrected chi connectivity index (χ2v) is 10.6. The Bertz CT molecular complexity index is 1370. The van der Waals surface area contributed by atoms with Crippen LogP contribution in [0.4, 0.5) is 0 Å². The van der Waals surface area contributed by atoms with E-state index in [1.54, 1.807) is 24.6 Å². The number of carbonyl (C=O) groups is 2. The number of fused-ring (bicyclic) bond motifs is 2. The van der Waals surface area contributed by atoms with Gasteiger partial charge in [-0.25, -0.2) is 0 Å². The number of hydrogen-bond acceptors (Lipinski definition) is 6. The quantitative estimate of drug-likeness (QED) is 0.398.